The largest absolute Gasteiger partial charge is 0.465 e. The summed E-state index contributed by atoms with van der Waals surface area (Å²) in [4.78, 5) is 25.3. The molecule has 104 valence electrons. The van der Waals surface area contributed by atoms with Gasteiger partial charge in [-0.25, -0.2) is 0 Å². The van der Waals surface area contributed by atoms with Gasteiger partial charge in [-0.1, -0.05) is 15.9 Å². The molecular weight excluding hydrogens is 425 g/mol. The molecule has 0 N–H and O–H groups in total. The van der Waals surface area contributed by atoms with Crippen LogP contribution in [-0.2, 0) is 9.53 Å². The van der Waals surface area contributed by atoms with Crippen LogP contribution in [0.15, 0.2) is 22.7 Å². The van der Waals surface area contributed by atoms with Crippen LogP contribution >= 0.6 is 38.5 Å². The van der Waals surface area contributed by atoms with Gasteiger partial charge in [0.25, 0.3) is 5.91 Å². The van der Waals surface area contributed by atoms with Gasteiger partial charge >= 0.3 is 5.97 Å². The summed E-state index contributed by atoms with van der Waals surface area (Å²) in [6.45, 7) is 4.33. The molecule has 1 aromatic rings. The van der Waals surface area contributed by atoms with Gasteiger partial charge in [0.05, 0.1) is 12.2 Å². The normalized spacial score (nSPS) is 10.1. The molecule has 0 heterocycles. The van der Waals surface area contributed by atoms with E-state index in [0.717, 1.165) is 8.04 Å². The van der Waals surface area contributed by atoms with Gasteiger partial charge in [0.2, 0.25) is 0 Å². The average Bonchev–Trinajstić information content (AvgIpc) is 2.38. The zero-order valence-corrected chi connectivity index (χ0v) is 14.5. The topological polar surface area (TPSA) is 46.6 Å². The van der Waals surface area contributed by atoms with Crippen LogP contribution in [0.2, 0.25) is 0 Å². The highest BCUT2D eigenvalue weighted by molar-refractivity contribution is 14.1. The number of ether oxygens (including phenoxy) is 1. The predicted molar refractivity (Wildman–Crippen MR) is 85.1 cm³/mol. The molecule has 0 spiro atoms. The maximum absolute atomic E-state index is 12.4. The monoisotopic (exact) mass is 439 g/mol. The summed E-state index contributed by atoms with van der Waals surface area (Å²) in [5.74, 6) is -0.552. The number of benzene rings is 1. The molecule has 1 amide bonds. The van der Waals surface area contributed by atoms with E-state index in [0.29, 0.717) is 18.7 Å². The fraction of sp³-hybridized carbons (Fsp3) is 0.385. The van der Waals surface area contributed by atoms with Gasteiger partial charge in [-0.15, -0.1) is 0 Å². The number of hydrogen-bond acceptors (Lipinski definition) is 3. The van der Waals surface area contributed by atoms with Crippen molar-refractivity contribution in [1.82, 2.24) is 4.90 Å². The van der Waals surface area contributed by atoms with E-state index in [1.54, 1.807) is 13.0 Å². The number of esters is 1. The standard InChI is InChI=1S/C13H15BrINO3/c1-3-16(8-12(17)19-4-2)13(18)10-7-9(14)5-6-11(10)15/h5-7H,3-4,8H2,1-2H3. The first kappa shape index (κ1) is 16.4. The lowest BCUT2D eigenvalue weighted by Gasteiger charge is -2.20. The van der Waals surface area contributed by atoms with Crippen molar-refractivity contribution in [2.45, 2.75) is 13.8 Å². The molecule has 0 saturated heterocycles. The van der Waals surface area contributed by atoms with Crippen molar-refractivity contribution < 1.29 is 14.3 Å². The van der Waals surface area contributed by atoms with E-state index in [1.165, 1.54) is 4.90 Å². The second-order valence-corrected chi connectivity index (χ2v) is 5.83. The quantitative estimate of drug-likeness (QED) is 0.523. The number of carbonyl (C=O) groups excluding carboxylic acids is 2. The van der Waals surface area contributed by atoms with Gasteiger partial charge in [-0.3, -0.25) is 9.59 Å². The van der Waals surface area contributed by atoms with Gasteiger partial charge < -0.3 is 9.64 Å². The van der Waals surface area contributed by atoms with E-state index in [4.69, 9.17) is 4.74 Å². The van der Waals surface area contributed by atoms with Crippen LogP contribution in [0, 0.1) is 3.57 Å². The Labute approximate surface area is 134 Å². The summed E-state index contributed by atoms with van der Waals surface area (Å²) in [5.41, 5.74) is 0.584. The Morgan fingerprint density at radius 1 is 1.37 bits per heavy atom. The molecule has 4 nitrogen and oxygen atoms in total. The number of carbonyl (C=O) groups is 2. The van der Waals surface area contributed by atoms with Crippen molar-refractivity contribution in [3.63, 3.8) is 0 Å². The van der Waals surface area contributed by atoms with E-state index in [1.807, 2.05) is 19.1 Å². The Hall–Kier alpha value is -0.630. The molecule has 0 unspecified atom stereocenters. The SMILES string of the molecule is CCOC(=O)CN(CC)C(=O)c1cc(Br)ccc1I. The minimum atomic E-state index is -0.386. The minimum absolute atomic E-state index is 0.0221. The summed E-state index contributed by atoms with van der Waals surface area (Å²) in [6.07, 6.45) is 0. The van der Waals surface area contributed by atoms with Crippen molar-refractivity contribution in [3.05, 3.63) is 31.8 Å². The lowest BCUT2D eigenvalue weighted by molar-refractivity contribution is -0.143. The average molecular weight is 440 g/mol. The van der Waals surface area contributed by atoms with Gasteiger partial charge in [-0.05, 0) is 54.6 Å². The Morgan fingerprint density at radius 2 is 2.05 bits per heavy atom. The van der Waals surface area contributed by atoms with Crippen molar-refractivity contribution in [2.75, 3.05) is 19.7 Å². The summed E-state index contributed by atoms with van der Waals surface area (Å²) in [5, 5.41) is 0. The summed E-state index contributed by atoms with van der Waals surface area (Å²) in [6, 6.07) is 5.49. The van der Waals surface area contributed by atoms with E-state index in [-0.39, 0.29) is 18.4 Å². The highest BCUT2D eigenvalue weighted by Gasteiger charge is 2.20. The fourth-order valence-electron chi connectivity index (χ4n) is 1.52. The Balaban J connectivity index is 2.89. The third kappa shape index (κ3) is 4.76. The second kappa shape index (κ2) is 7.84. The Kier molecular flexibility index (Phi) is 6.78. The molecule has 0 fully saturated rings. The molecule has 0 aromatic heterocycles. The Bertz CT molecular complexity index is 479. The van der Waals surface area contributed by atoms with E-state index < -0.39 is 0 Å². The van der Waals surface area contributed by atoms with Crippen LogP contribution in [-0.4, -0.2) is 36.5 Å². The highest BCUT2D eigenvalue weighted by atomic mass is 127. The van der Waals surface area contributed by atoms with Crippen LogP contribution < -0.4 is 0 Å². The molecule has 0 aliphatic carbocycles. The first-order valence-electron chi connectivity index (χ1n) is 5.89. The number of amides is 1. The summed E-state index contributed by atoms with van der Waals surface area (Å²) < 4.78 is 6.56. The number of nitrogens with zero attached hydrogens (tertiary/aromatic N) is 1. The predicted octanol–water partition coefficient (Wildman–Crippen LogP) is 3.08. The molecular formula is C13H15BrINO3. The molecule has 1 aromatic carbocycles. The van der Waals surface area contributed by atoms with E-state index in [2.05, 4.69) is 38.5 Å². The highest BCUT2D eigenvalue weighted by Crippen LogP contribution is 2.20. The number of halogens is 2. The number of likely N-dealkylation sites (N-methyl/N-ethyl adjacent to an activating group) is 1. The molecule has 0 bridgehead atoms. The molecule has 0 radical (unpaired) electrons. The van der Waals surface area contributed by atoms with E-state index >= 15 is 0 Å². The lowest BCUT2D eigenvalue weighted by atomic mass is 10.2. The molecule has 0 saturated carbocycles. The van der Waals surface area contributed by atoms with Gasteiger partial charge in [-0.2, -0.15) is 0 Å². The zero-order valence-electron chi connectivity index (χ0n) is 10.8. The molecule has 1 rings (SSSR count). The third-order valence-corrected chi connectivity index (χ3v) is 3.89. The number of hydrogen-bond donors (Lipinski definition) is 0. The lowest BCUT2D eigenvalue weighted by Crippen LogP contribution is -2.36. The molecule has 0 aliphatic rings. The van der Waals surface area contributed by atoms with Gasteiger partial charge in [0.1, 0.15) is 6.54 Å². The van der Waals surface area contributed by atoms with Gasteiger partial charge in [0.15, 0.2) is 0 Å². The van der Waals surface area contributed by atoms with Crippen LogP contribution in [0.3, 0.4) is 0 Å². The maximum Gasteiger partial charge on any atom is 0.325 e. The van der Waals surface area contributed by atoms with Crippen LogP contribution in [0.25, 0.3) is 0 Å². The molecule has 0 atom stereocenters. The zero-order chi connectivity index (χ0) is 14.4. The molecule has 6 heteroatoms. The molecule has 19 heavy (non-hydrogen) atoms. The third-order valence-electron chi connectivity index (χ3n) is 2.45. The number of rotatable bonds is 5. The van der Waals surface area contributed by atoms with Crippen molar-refractivity contribution in [3.8, 4) is 0 Å². The summed E-state index contributed by atoms with van der Waals surface area (Å²) >= 11 is 5.45. The first-order chi connectivity index (χ1) is 8.99. The second-order valence-electron chi connectivity index (χ2n) is 3.75. The smallest absolute Gasteiger partial charge is 0.325 e. The fourth-order valence-corrected chi connectivity index (χ4v) is 2.45. The maximum atomic E-state index is 12.4. The first-order valence-corrected chi connectivity index (χ1v) is 7.76. The van der Waals surface area contributed by atoms with Crippen molar-refractivity contribution in [1.29, 1.82) is 0 Å². The van der Waals surface area contributed by atoms with Crippen molar-refractivity contribution >= 4 is 50.4 Å². The Morgan fingerprint density at radius 3 is 2.63 bits per heavy atom. The molecule has 0 aliphatic heterocycles. The van der Waals surface area contributed by atoms with Crippen LogP contribution in [0.1, 0.15) is 24.2 Å². The van der Waals surface area contributed by atoms with Crippen molar-refractivity contribution in [2.24, 2.45) is 0 Å². The van der Waals surface area contributed by atoms with Crippen LogP contribution in [0.5, 0.6) is 0 Å². The summed E-state index contributed by atoms with van der Waals surface area (Å²) in [7, 11) is 0. The minimum Gasteiger partial charge on any atom is -0.465 e. The van der Waals surface area contributed by atoms with Crippen LogP contribution in [0.4, 0.5) is 0 Å². The van der Waals surface area contributed by atoms with Gasteiger partial charge in [0, 0.05) is 14.6 Å². The van der Waals surface area contributed by atoms with E-state index in [9.17, 15) is 9.59 Å².